The molecule has 1 heterocycles. The highest BCUT2D eigenvalue weighted by atomic mass is 15.3. The van der Waals surface area contributed by atoms with Crippen LogP contribution >= 0.6 is 0 Å². The van der Waals surface area contributed by atoms with E-state index in [1.54, 1.807) is 0 Å². The van der Waals surface area contributed by atoms with E-state index in [0.717, 1.165) is 25.3 Å². The Morgan fingerprint density at radius 1 is 1.26 bits per heavy atom. The Morgan fingerprint density at radius 3 is 2.58 bits per heavy atom. The smallest absolute Gasteiger partial charge is 0.0536 e. The predicted molar refractivity (Wildman–Crippen MR) is 78.6 cm³/mol. The van der Waals surface area contributed by atoms with Gasteiger partial charge >= 0.3 is 0 Å². The van der Waals surface area contributed by atoms with Crippen LogP contribution in [0.5, 0.6) is 0 Å². The van der Waals surface area contributed by atoms with Gasteiger partial charge in [-0.2, -0.15) is 5.10 Å². The summed E-state index contributed by atoms with van der Waals surface area (Å²) in [5.74, 6) is 0. The summed E-state index contributed by atoms with van der Waals surface area (Å²) in [6.45, 7) is 7.30. The molecule has 0 aliphatic heterocycles. The molecule has 0 radical (unpaired) electrons. The molecule has 102 valence electrons. The van der Waals surface area contributed by atoms with Gasteiger partial charge in [-0.3, -0.25) is 9.58 Å². The second kappa shape index (κ2) is 6.38. The minimum Gasteiger partial charge on any atom is -0.399 e. The number of hydrogen-bond acceptors (Lipinski definition) is 3. The lowest BCUT2D eigenvalue weighted by atomic mass is 10.1. The van der Waals surface area contributed by atoms with Crippen LogP contribution in [-0.2, 0) is 13.1 Å². The lowest BCUT2D eigenvalue weighted by Gasteiger charge is -2.26. The zero-order chi connectivity index (χ0) is 13.7. The molecule has 4 heteroatoms. The van der Waals surface area contributed by atoms with E-state index in [2.05, 4.69) is 36.0 Å². The van der Waals surface area contributed by atoms with Crippen molar-refractivity contribution >= 4 is 5.69 Å². The average molecular weight is 258 g/mol. The Kier molecular flexibility index (Phi) is 4.58. The SMILES string of the molecule is CC(C)N(CCn1cccn1)Cc1ccc(N)cc1. The van der Waals surface area contributed by atoms with Crippen LogP contribution < -0.4 is 5.73 Å². The quantitative estimate of drug-likeness (QED) is 0.809. The Balaban J connectivity index is 1.94. The second-order valence-electron chi connectivity index (χ2n) is 5.07. The summed E-state index contributed by atoms with van der Waals surface area (Å²) in [7, 11) is 0. The van der Waals surface area contributed by atoms with Crippen LogP contribution in [0.15, 0.2) is 42.7 Å². The van der Waals surface area contributed by atoms with Gasteiger partial charge < -0.3 is 5.73 Å². The van der Waals surface area contributed by atoms with Crippen molar-refractivity contribution in [1.29, 1.82) is 0 Å². The van der Waals surface area contributed by atoms with Crippen molar-refractivity contribution in [3.63, 3.8) is 0 Å². The molecule has 0 bridgehead atoms. The van der Waals surface area contributed by atoms with Crippen molar-refractivity contribution < 1.29 is 0 Å². The molecule has 1 aromatic carbocycles. The monoisotopic (exact) mass is 258 g/mol. The lowest BCUT2D eigenvalue weighted by molar-refractivity contribution is 0.201. The third kappa shape index (κ3) is 4.10. The van der Waals surface area contributed by atoms with Gasteiger partial charge in [-0.15, -0.1) is 0 Å². The molecule has 0 saturated heterocycles. The molecule has 0 saturated carbocycles. The molecule has 19 heavy (non-hydrogen) atoms. The van der Waals surface area contributed by atoms with Crippen LogP contribution in [-0.4, -0.2) is 27.3 Å². The van der Waals surface area contributed by atoms with Crippen molar-refractivity contribution in [2.24, 2.45) is 0 Å². The van der Waals surface area contributed by atoms with Gasteiger partial charge in [0.05, 0.1) is 6.54 Å². The van der Waals surface area contributed by atoms with Gasteiger partial charge in [0.15, 0.2) is 0 Å². The Bertz CT molecular complexity index is 473. The normalized spacial score (nSPS) is 11.4. The fourth-order valence-corrected chi connectivity index (χ4v) is 2.04. The summed E-state index contributed by atoms with van der Waals surface area (Å²) in [4.78, 5) is 2.44. The molecule has 0 atom stereocenters. The topological polar surface area (TPSA) is 47.1 Å². The number of nitrogens with two attached hydrogens (primary N) is 1. The van der Waals surface area contributed by atoms with Crippen molar-refractivity contribution in [3.8, 4) is 0 Å². The van der Waals surface area contributed by atoms with Crippen molar-refractivity contribution in [2.45, 2.75) is 33.0 Å². The fraction of sp³-hybridized carbons (Fsp3) is 0.400. The summed E-state index contributed by atoms with van der Waals surface area (Å²) >= 11 is 0. The van der Waals surface area contributed by atoms with Gasteiger partial charge in [0, 0.05) is 37.2 Å². The standard InChI is InChI=1S/C15H22N4/c1-13(2)18(10-11-19-9-3-8-17-19)12-14-4-6-15(16)7-5-14/h3-9,13H,10-12,16H2,1-2H3. The Hall–Kier alpha value is -1.81. The molecule has 1 aromatic heterocycles. The van der Waals surface area contributed by atoms with E-state index >= 15 is 0 Å². The number of aromatic nitrogens is 2. The van der Waals surface area contributed by atoms with Crippen molar-refractivity contribution in [3.05, 3.63) is 48.3 Å². The zero-order valence-corrected chi connectivity index (χ0v) is 11.7. The maximum atomic E-state index is 5.71. The van der Waals surface area contributed by atoms with Crippen LogP contribution in [0.3, 0.4) is 0 Å². The van der Waals surface area contributed by atoms with Crippen LogP contribution in [0.4, 0.5) is 5.69 Å². The summed E-state index contributed by atoms with van der Waals surface area (Å²) in [6.07, 6.45) is 3.82. The van der Waals surface area contributed by atoms with Gasteiger partial charge in [-0.25, -0.2) is 0 Å². The van der Waals surface area contributed by atoms with Gasteiger partial charge in [0.1, 0.15) is 0 Å². The Labute approximate surface area is 114 Å². The van der Waals surface area contributed by atoms with E-state index in [1.165, 1.54) is 5.56 Å². The van der Waals surface area contributed by atoms with E-state index in [0.29, 0.717) is 6.04 Å². The van der Waals surface area contributed by atoms with Crippen LogP contribution in [0.25, 0.3) is 0 Å². The first-order chi connectivity index (χ1) is 9.15. The lowest BCUT2D eigenvalue weighted by Crippen LogP contribution is -2.33. The third-order valence-electron chi connectivity index (χ3n) is 3.27. The minimum atomic E-state index is 0.508. The maximum Gasteiger partial charge on any atom is 0.0536 e. The van der Waals surface area contributed by atoms with Gasteiger partial charge in [0.2, 0.25) is 0 Å². The molecule has 2 N–H and O–H groups in total. The molecular formula is C15H22N4. The predicted octanol–water partition coefficient (Wildman–Crippen LogP) is 2.38. The van der Waals surface area contributed by atoms with Gasteiger partial charge in [-0.05, 0) is 37.6 Å². The van der Waals surface area contributed by atoms with Crippen molar-refractivity contribution in [1.82, 2.24) is 14.7 Å². The minimum absolute atomic E-state index is 0.508. The van der Waals surface area contributed by atoms with Crippen molar-refractivity contribution in [2.75, 3.05) is 12.3 Å². The van der Waals surface area contributed by atoms with Crippen LogP contribution in [0, 0.1) is 0 Å². The number of rotatable bonds is 6. The summed E-state index contributed by atoms with van der Waals surface area (Å²) in [5, 5.41) is 4.24. The third-order valence-corrected chi connectivity index (χ3v) is 3.27. The average Bonchev–Trinajstić information content (AvgIpc) is 2.89. The largest absolute Gasteiger partial charge is 0.399 e. The highest BCUT2D eigenvalue weighted by molar-refractivity contribution is 5.39. The first kappa shape index (κ1) is 13.6. The molecule has 0 spiro atoms. The molecule has 0 unspecified atom stereocenters. The fourth-order valence-electron chi connectivity index (χ4n) is 2.04. The first-order valence-electron chi connectivity index (χ1n) is 6.71. The molecule has 0 aliphatic carbocycles. The molecule has 0 fully saturated rings. The van der Waals surface area contributed by atoms with E-state index in [1.807, 2.05) is 35.3 Å². The summed E-state index contributed by atoms with van der Waals surface area (Å²) in [6, 6.07) is 10.6. The summed E-state index contributed by atoms with van der Waals surface area (Å²) < 4.78 is 1.97. The molecule has 4 nitrogen and oxygen atoms in total. The molecule has 2 rings (SSSR count). The second-order valence-corrected chi connectivity index (χ2v) is 5.07. The molecular weight excluding hydrogens is 236 g/mol. The highest BCUT2D eigenvalue weighted by Crippen LogP contribution is 2.11. The van der Waals surface area contributed by atoms with E-state index < -0.39 is 0 Å². The first-order valence-corrected chi connectivity index (χ1v) is 6.71. The van der Waals surface area contributed by atoms with E-state index in [4.69, 9.17) is 5.73 Å². The van der Waals surface area contributed by atoms with Gasteiger partial charge in [-0.1, -0.05) is 12.1 Å². The zero-order valence-electron chi connectivity index (χ0n) is 11.7. The number of nitrogen functional groups attached to an aromatic ring is 1. The highest BCUT2D eigenvalue weighted by Gasteiger charge is 2.10. The number of nitrogens with zero attached hydrogens (tertiary/aromatic N) is 3. The van der Waals surface area contributed by atoms with Crippen LogP contribution in [0.2, 0.25) is 0 Å². The maximum absolute atomic E-state index is 5.71. The molecule has 0 amide bonds. The van der Waals surface area contributed by atoms with Crippen LogP contribution in [0.1, 0.15) is 19.4 Å². The van der Waals surface area contributed by atoms with E-state index in [9.17, 15) is 0 Å². The Morgan fingerprint density at radius 2 is 2.00 bits per heavy atom. The number of hydrogen-bond donors (Lipinski definition) is 1. The molecule has 0 aliphatic rings. The number of benzene rings is 1. The van der Waals surface area contributed by atoms with Gasteiger partial charge in [0.25, 0.3) is 0 Å². The van der Waals surface area contributed by atoms with E-state index in [-0.39, 0.29) is 0 Å². The number of anilines is 1. The summed E-state index contributed by atoms with van der Waals surface area (Å²) in [5.41, 5.74) is 7.83. The molecule has 2 aromatic rings.